The standard InChI is InChI=1S/C20H25N3O3/c1-2-17(24)22-15-12-16(20(15)9-6-10-20)23-19(26)13-21-18(25)11-14-7-4-3-5-8-14/h2-5,7-8,15-16H,1,6,9-13H2,(H,21,25)(H,22,24)(H,23,26). The van der Waals surface area contributed by atoms with E-state index in [9.17, 15) is 14.4 Å². The molecule has 138 valence electrons. The number of hydrogen-bond donors (Lipinski definition) is 3. The molecule has 0 heterocycles. The fourth-order valence-electron chi connectivity index (χ4n) is 3.97. The smallest absolute Gasteiger partial charge is 0.243 e. The summed E-state index contributed by atoms with van der Waals surface area (Å²) in [5.74, 6) is -0.523. The number of amides is 3. The van der Waals surface area contributed by atoms with Crippen molar-refractivity contribution >= 4 is 17.7 Å². The quantitative estimate of drug-likeness (QED) is 0.640. The molecule has 2 saturated carbocycles. The van der Waals surface area contributed by atoms with E-state index in [4.69, 9.17) is 0 Å². The molecule has 0 aromatic heterocycles. The molecule has 3 amide bonds. The zero-order chi connectivity index (χ0) is 18.6. The molecule has 1 aromatic carbocycles. The van der Waals surface area contributed by atoms with Crippen LogP contribution in [0.5, 0.6) is 0 Å². The van der Waals surface area contributed by atoms with Gasteiger partial charge in [-0.2, -0.15) is 0 Å². The van der Waals surface area contributed by atoms with Gasteiger partial charge in [0.2, 0.25) is 17.7 Å². The molecule has 0 radical (unpaired) electrons. The average molecular weight is 355 g/mol. The molecule has 0 bridgehead atoms. The second-order valence-electron chi connectivity index (χ2n) is 7.15. The highest BCUT2D eigenvalue weighted by atomic mass is 16.2. The van der Waals surface area contributed by atoms with Crippen molar-refractivity contribution in [3.05, 3.63) is 48.6 Å². The van der Waals surface area contributed by atoms with Crippen LogP contribution in [0.4, 0.5) is 0 Å². The van der Waals surface area contributed by atoms with Gasteiger partial charge in [0, 0.05) is 17.5 Å². The molecular formula is C20H25N3O3. The monoisotopic (exact) mass is 355 g/mol. The maximum Gasteiger partial charge on any atom is 0.243 e. The average Bonchev–Trinajstić information content (AvgIpc) is 2.58. The van der Waals surface area contributed by atoms with Gasteiger partial charge in [-0.25, -0.2) is 0 Å². The van der Waals surface area contributed by atoms with Crippen LogP contribution in [0.2, 0.25) is 0 Å². The SMILES string of the molecule is C=CC(=O)NC1CC(NC(=O)CNC(=O)Cc2ccccc2)C12CCC2. The zero-order valence-electron chi connectivity index (χ0n) is 14.8. The number of carbonyl (C=O) groups is 3. The van der Waals surface area contributed by atoms with Gasteiger partial charge in [0.15, 0.2) is 0 Å². The van der Waals surface area contributed by atoms with E-state index in [0.29, 0.717) is 0 Å². The molecule has 26 heavy (non-hydrogen) atoms. The van der Waals surface area contributed by atoms with Gasteiger partial charge in [0.1, 0.15) is 0 Å². The fourth-order valence-corrected chi connectivity index (χ4v) is 3.97. The zero-order valence-corrected chi connectivity index (χ0v) is 14.8. The van der Waals surface area contributed by atoms with Gasteiger partial charge >= 0.3 is 0 Å². The number of carbonyl (C=O) groups excluding carboxylic acids is 3. The second kappa shape index (κ2) is 7.72. The van der Waals surface area contributed by atoms with E-state index in [1.165, 1.54) is 6.08 Å². The van der Waals surface area contributed by atoms with Gasteiger partial charge in [0.05, 0.1) is 13.0 Å². The predicted molar refractivity (Wildman–Crippen MR) is 98.1 cm³/mol. The topological polar surface area (TPSA) is 87.3 Å². The van der Waals surface area contributed by atoms with Gasteiger partial charge in [-0.3, -0.25) is 14.4 Å². The highest BCUT2D eigenvalue weighted by Gasteiger charge is 2.58. The van der Waals surface area contributed by atoms with Crippen molar-refractivity contribution < 1.29 is 14.4 Å². The van der Waals surface area contributed by atoms with Crippen LogP contribution >= 0.6 is 0 Å². The van der Waals surface area contributed by atoms with E-state index in [1.807, 2.05) is 30.3 Å². The Hall–Kier alpha value is -2.63. The minimum atomic E-state index is -0.184. The minimum Gasteiger partial charge on any atom is -0.351 e. The van der Waals surface area contributed by atoms with Crippen LogP contribution in [0.3, 0.4) is 0 Å². The first-order valence-corrected chi connectivity index (χ1v) is 9.06. The molecule has 2 fully saturated rings. The van der Waals surface area contributed by atoms with Crippen LogP contribution in [0, 0.1) is 5.41 Å². The van der Waals surface area contributed by atoms with Crippen molar-refractivity contribution in [3.63, 3.8) is 0 Å². The van der Waals surface area contributed by atoms with Gasteiger partial charge in [-0.05, 0) is 30.9 Å². The molecule has 3 rings (SSSR count). The summed E-state index contributed by atoms with van der Waals surface area (Å²) in [6, 6.07) is 9.58. The third kappa shape index (κ3) is 3.79. The molecule has 2 atom stereocenters. The molecule has 2 aliphatic carbocycles. The molecule has 1 spiro atoms. The molecule has 2 aliphatic rings. The molecule has 6 heteroatoms. The minimum absolute atomic E-state index is 0.0254. The van der Waals surface area contributed by atoms with Crippen molar-refractivity contribution in [2.45, 2.75) is 44.2 Å². The Morgan fingerprint density at radius 1 is 1.08 bits per heavy atom. The summed E-state index contributed by atoms with van der Waals surface area (Å²) in [5.41, 5.74) is 0.890. The Kier molecular flexibility index (Phi) is 5.40. The second-order valence-corrected chi connectivity index (χ2v) is 7.15. The van der Waals surface area contributed by atoms with Crippen LogP contribution in [0.1, 0.15) is 31.2 Å². The lowest BCUT2D eigenvalue weighted by Gasteiger charge is -2.61. The first-order valence-electron chi connectivity index (χ1n) is 9.06. The number of nitrogens with one attached hydrogen (secondary N) is 3. The molecule has 3 N–H and O–H groups in total. The van der Waals surface area contributed by atoms with Crippen molar-refractivity contribution in [2.75, 3.05) is 6.54 Å². The third-order valence-electron chi connectivity index (χ3n) is 5.63. The van der Waals surface area contributed by atoms with Crippen molar-refractivity contribution in [3.8, 4) is 0 Å². The normalized spacial score (nSPS) is 22.5. The van der Waals surface area contributed by atoms with Gasteiger partial charge in [-0.15, -0.1) is 0 Å². The summed E-state index contributed by atoms with van der Waals surface area (Å²) in [6.07, 6.45) is 5.38. The summed E-state index contributed by atoms with van der Waals surface area (Å²) in [6.45, 7) is 3.45. The summed E-state index contributed by atoms with van der Waals surface area (Å²) < 4.78 is 0. The molecule has 0 aliphatic heterocycles. The molecule has 2 unspecified atom stereocenters. The highest BCUT2D eigenvalue weighted by molar-refractivity contribution is 5.88. The molecule has 6 nitrogen and oxygen atoms in total. The predicted octanol–water partition coefficient (Wildman–Crippen LogP) is 1.07. The maximum absolute atomic E-state index is 12.2. The lowest BCUT2D eigenvalue weighted by Crippen LogP contribution is -2.71. The lowest BCUT2D eigenvalue weighted by molar-refractivity contribution is -0.133. The van der Waals surface area contributed by atoms with E-state index in [0.717, 1.165) is 31.2 Å². The molecular weight excluding hydrogens is 330 g/mol. The number of hydrogen-bond acceptors (Lipinski definition) is 3. The van der Waals surface area contributed by atoms with E-state index >= 15 is 0 Å². The van der Waals surface area contributed by atoms with Gasteiger partial charge in [-0.1, -0.05) is 43.3 Å². The fraction of sp³-hybridized carbons (Fsp3) is 0.450. The van der Waals surface area contributed by atoms with Gasteiger partial charge < -0.3 is 16.0 Å². The highest BCUT2D eigenvalue weighted by Crippen LogP contribution is 2.55. The summed E-state index contributed by atoms with van der Waals surface area (Å²) in [4.78, 5) is 35.7. The molecule has 0 saturated heterocycles. The first-order chi connectivity index (χ1) is 12.5. The van der Waals surface area contributed by atoms with E-state index in [1.54, 1.807) is 0 Å². The largest absolute Gasteiger partial charge is 0.351 e. The van der Waals surface area contributed by atoms with Crippen LogP contribution in [0.25, 0.3) is 0 Å². The maximum atomic E-state index is 12.2. The van der Waals surface area contributed by atoms with Crippen molar-refractivity contribution in [1.82, 2.24) is 16.0 Å². The lowest BCUT2D eigenvalue weighted by atomic mass is 9.50. The van der Waals surface area contributed by atoms with Crippen LogP contribution in [-0.4, -0.2) is 36.3 Å². The Balaban J connectivity index is 1.43. The van der Waals surface area contributed by atoms with Crippen LogP contribution in [0.15, 0.2) is 43.0 Å². The Labute approximate surface area is 153 Å². The summed E-state index contributed by atoms with van der Waals surface area (Å²) in [5, 5.41) is 8.65. The van der Waals surface area contributed by atoms with Gasteiger partial charge in [0.25, 0.3) is 0 Å². The third-order valence-corrected chi connectivity index (χ3v) is 5.63. The van der Waals surface area contributed by atoms with E-state index in [-0.39, 0.29) is 48.2 Å². The Bertz CT molecular complexity index is 698. The van der Waals surface area contributed by atoms with E-state index in [2.05, 4.69) is 22.5 Å². The molecule has 1 aromatic rings. The van der Waals surface area contributed by atoms with E-state index < -0.39 is 0 Å². The Morgan fingerprint density at radius 3 is 2.38 bits per heavy atom. The van der Waals surface area contributed by atoms with Crippen LogP contribution in [-0.2, 0) is 20.8 Å². The van der Waals surface area contributed by atoms with Crippen LogP contribution < -0.4 is 16.0 Å². The van der Waals surface area contributed by atoms with Crippen molar-refractivity contribution in [1.29, 1.82) is 0 Å². The number of benzene rings is 1. The number of rotatable bonds is 7. The first kappa shape index (κ1) is 18.2. The summed E-state index contributed by atoms with van der Waals surface area (Å²) >= 11 is 0. The summed E-state index contributed by atoms with van der Waals surface area (Å²) in [7, 11) is 0. The Morgan fingerprint density at radius 2 is 1.77 bits per heavy atom. The van der Waals surface area contributed by atoms with Crippen molar-refractivity contribution in [2.24, 2.45) is 5.41 Å².